The maximum atomic E-state index is 10.4. The van der Waals surface area contributed by atoms with Crippen molar-refractivity contribution < 1.29 is 19.1 Å². The number of amides is 1. The Bertz CT molecular complexity index is 319. The minimum atomic E-state index is -1.03. The zero-order chi connectivity index (χ0) is 10.7. The molecule has 1 aromatic rings. The highest BCUT2D eigenvalue weighted by atomic mass is 16.5. The van der Waals surface area contributed by atoms with Crippen molar-refractivity contribution in [2.24, 2.45) is 0 Å². The lowest BCUT2D eigenvalue weighted by atomic mass is 10.1. The van der Waals surface area contributed by atoms with Crippen molar-refractivity contribution in [3.8, 4) is 0 Å². The Balaban J connectivity index is 1.84. The summed E-state index contributed by atoms with van der Waals surface area (Å²) in [6, 6.07) is -0.151. The standard InChI is InChI=1S/C8H11N3O4/c12-8(13)10-5-1-2-6(14-3-5)7-11-9-4-15-7/h4-6,10H,1-3H2,(H,12,13)/t5-,6+/m1/s1. The van der Waals surface area contributed by atoms with Crippen molar-refractivity contribution in [1.82, 2.24) is 15.5 Å². The lowest BCUT2D eigenvalue weighted by Gasteiger charge is -2.26. The third-order valence-electron chi connectivity index (χ3n) is 2.26. The fourth-order valence-electron chi connectivity index (χ4n) is 1.56. The second kappa shape index (κ2) is 4.26. The number of aromatic nitrogens is 2. The van der Waals surface area contributed by atoms with Crippen molar-refractivity contribution in [2.45, 2.75) is 25.0 Å². The molecule has 15 heavy (non-hydrogen) atoms. The maximum absolute atomic E-state index is 10.4. The number of nitrogens with zero attached hydrogens (tertiary/aromatic N) is 2. The van der Waals surface area contributed by atoms with Crippen LogP contribution >= 0.6 is 0 Å². The van der Waals surface area contributed by atoms with Crippen LogP contribution in [0.4, 0.5) is 4.79 Å². The van der Waals surface area contributed by atoms with E-state index in [9.17, 15) is 4.79 Å². The second-order valence-electron chi connectivity index (χ2n) is 3.32. The molecule has 1 fully saturated rings. The summed E-state index contributed by atoms with van der Waals surface area (Å²) in [6.07, 6.45) is 1.39. The molecule has 7 nitrogen and oxygen atoms in total. The molecule has 0 bridgehead atoms. The van der Waals surface area contributed by atoms with Gasteiger partial charge < -0.3 is 19.6 Å². The molecule has 0 aliphatic carbocycles. The predicted octanol–water partition coefficient (Wildman–Crippen LogP) is 0.557. The van der Waals surface area contributed by atoms with Crippen LogP contribution in [0.1, 0.15) is 24.8 Å². The molecular formula is C8H11N3O4. The van der Waals surface area contributed by atoms with Gasteiger partial charge in [0.2, 0.25) is 12.3 Å². The Morgan fingerprint density at radius 1 is 1.60 bits per heavy atom. The van der Waals surface area contributed by atoms with Crippen LogP contribution in [0.25, 0.3) is 0 Å². The number of carboxylic acid groups (broad SMARTS) is 1. The summed E-state index contributed by atoms with van der Waals surface area (Å²) in [4.78, 5) is 10.4. The average molecular weight is 213 g/mol. The molecule has 1 aromatic heterocycles. The lowest BCUT2D eigenvalue weighted by molar-refractivity contribution is -0.0176. The first kappa shape index (κ1) is 9.91. The zero-order valence-electron chi connectivity index (χ0n) is 7.92. The van der Waals surface area contributed by atoms with Crippen LogP contribution < -0.4 is 5.32 Å². The van der Waals surface area contributed by atoms with E-state index >= 15 is 0 Å². The Labute approximate surface area is 85.4 Å². The van der Waals surface area contributed by atoms with Crippen molar-refractivity contribution >= 4 is 6.09 Å². The SMILES string of the molecule is O=C(O)N[C@@H]1CC[C@@H](c2nnco2)OC1. The number of hydrogen-bond acceptors (Lipinski definition) is 5. The Morgan fingerprint density at radius 2 is 2.47 bits per heavy atom. The van der Waals surface area contributed by atoms with E-state index in [1.807, 2.05) is 0 Å². The quantitative estimate of drug-likeness (QED) is 0.744. The van der Waals surface area contributed by atoms with Gasteiger partial charge in [0.1, 0.15) is 6.10 Å². The normalized spacial score (nSPS) is 26.1. The molecule has 0 aromatic carbocycles. The Morgan fingerprint density at radius 3 is 3.00 bits per heavy atom. The summed E-state index contributed by atoms with van der Waals surface area (Å²) in [5.41, 5.74) is 0. The smallest absolute Gasteiger partial charge is 0.404 e. The molecule has 2 heterocycles. The van der Waals surface area contributed by atoms with Gasteiger partial charge >= 0.3 is 6.09 Å². The van der Waals surface area contributed by atoms with Crippen LogP contribution in [-0.4, -0.2) is 34.0 Å². The molecule has 7 heteroatoms. The van der Waals surface area contributed by atoms with E-state index in [2.05, 4.69) is 15.5 Å². The van der Waals surface area contributed by atoms with Gasteiger partial charge in [-0.3, -0.25) is 0 Å². The van der Waals surface area contributed by atoms with Gasteiger partial charge in [-0.05, 0) is 12.8 Å². The predicted molar refractivity (Wildman–Crippen MR) is 47.2 cm³/mol. The van der Waals surface area contributed by atoms with E-state index in [1.165, 1.54) is 6.39 Å². The van der Waals surface area contributed by atoms with Crippen LogP contribution in [0.15, 0.2) is 10.8 Å². The van der Waals surface area contributed by atoms with Crippen LogP contribution in [-0.2, 0) is 4.74 Å². The minimum absolute atomic E-state index is 0.151. The first-order valence-corrected chi connectivity index (χ1v) is 4.63. The molecule has 82 valence electrons. The highest BCUT2D eigenvalue weighted by Crippen LogP contribution is 2.26. The fourth-order valence-corrected chi connectivity index (χ4v) is 1.56. The highest BCUT2D eigenvalue weighted by Gasteiger charge is 2.26. The summed E-state index contributed by atoms with van der Waals surface area (Å²) in [5.74, 6) is 0.448. The van der Waals surface area contributed by atoms with E-state index < -0.39 is 6.09 Å². The molecule has 1 aliphatic rings. The molecule has 2 atom stereocenters. The summed E-state index contributed by atoms with van der Waals surface area (Å²) in [7, 11) is 0. The summed E-state index contributed by atoms with van der Waals surface area (Å²) < 4.78 is 10.4. The monoisotopic (exact) mass is 213 g/mol. The molecule has 2 N–H and O–H groups in total. The highest BCUT2D eigenvalue weighted by molar-refractivity contribution is 5.64. The summed E-state index contributed by atoms with van der Waals surface area (Å²) in [5, 5.41) is 18.2. The molecule has 1 amide bonds. The summed E-state index contributed by atoms with van der Waals surface area (Å²) in [6.45, 7) is 0.333. The molecule has 0 radical (unpaired) electrons. The van der Waals surface area contributed by atoms with Gasteiger partial charge in [-0.1, -0.05) is 0 Å². The molecule has 0 saturated carbocycles. The number of nitrogens with one attached hydrogen (secondary N) is 1. The third-order valence-corrected chi connectivity index (χ3v) is 2.26. The average Bonchev–Trinajstić information content (AvgIpc) is 2.71. The molecule has 1 aliphatic heterocycles. The Kier molecular flexibility index (Phi) is 2.82. The van der Waals surface area contributed by atoms with E-state index in [0.29, 0.717) is 25.3 Å². The molecule has 0 unspecified atom stereocenters. The maximum Gasteiger partial charge on any atom is 0.404 e. The van der Waals surface area contributed by atoms with Crippen LogP contribution in [0, 0.1) is 0 Å². The topological polar surface area (TPSA) is 97.5 Å². The van der Waals surface area contributed by atoms with Crippen molar-refractivity contribution in [1.29, 1.82) is 0 Å². The van der Waals surface area contributed by atoms with Gasteiger partial charge in [-0.2, -0.15) is 0 Å². The van der Waals surface area contributed by atoms with Crippen LogP contribution in [0.2, 0.25) is 0 Å². The molecule has 0 spiro atoms. The minimum Gasteiger partial charge on any atom is -0.465 e. The number of hydrogen-bond donors (Lipinski definition) is 2. The lowest BCUT2D eigenvalue weighted by Crippen LogP contribution is -2.40. The second-order valence-corrected chi connectivity index (χ2v) is 3.32. The third kappa shape index (κ3) is 2.44. The van der Waals surface area contributed by atoms with Crippen molar-refractivity contribution in [2.75, 3.05) is 6.61 Å². The van der Waals surface area contributed by atoms with Crippen molar-refractivity contribution in [3.05, 3.63) is 12.3 Å². The molecule has 1 saturated heterocycles. The van der Waals surface area contributed by atoms with E-state index in [0.717, 1.165) is 0 Å². The van der Waals surface area contributed by atoms with E-state index in [4.69, 9.17) is 14.3 Å². The van der Waals surface area contributed by atoms with Crippen LogP contribution in [0.3, 0.4) is 0 Å². The van der Waals surface area contributed by atoms with Gasteiger partial charge in [-0.25, -0.2) is 4.79 Å². The van der Waals surface area contributed by atoms with Gasteiger partial charge in [0.05, 0.1) is 12.6 Å². The molecule has 2 rings (SSSR count). The first-order chi connectivity index (χ1) is 7.25. The number of carbonyl (C=O) groups is 1. The Hall–Kier alpha value is -1.63. The van der Waals surface area contributed by atoms with E-state index in [1.54, 1.807) is 0 Å². The number of ether oxygens (including phenoxy) is 1. The van der Waals surface area contributed by atoms with Gasteiger partial charge in [-0.15, -0.1) is 10.2 Å². The van der Waals surface area contributed by atoms with Gasteiger partial charge in [0, 0.05) is 0 Å². The molecular weight excluding hydrogens is 202 g/mol. The largest absolute Gasteiger partial charge is 0.465 e. The van der Waals surface area contributed by atoms with Crippen LogP contribution in [0.5, 0.6) is 0 Å². The zero-order valence-corrected chi connectivity index (χ0v) is 7.92. The first-order valence-electron chi connectivity index (χ1n) is 4.63. The van der Waals surface area contributed by atoms with Crippen molar-refractivity contribution in [3.63, 3.8) is 0 Å². The van der Waals surface area contributed by atoms with Gasteiger partial charge in [0.25, 0.3) is 0 Å². The summed E-state index contributed by atoms with van der Waals surface area (Å²) >= 11 is 0. The number of rotatable bonds is 2. The van der Waals surface area contributed by atoms with E-state index in [-0.39, 0.29) is 12.1 Å². The fraction of sp³-hybridized carbons (Fsp3) is 0.625. The van der Waals surface area contributed by atoms with Gasteiger partial charge in [0.15, 0.2) is 0 Å².